The average molecular weight is 636 g/mol. The summed E-state index contributed by atoms with van der Waals surface area (Å²) in [6.45, 7) is 5.09. The standard InChI is InChI=1S/C32H31ClFN5O6/c1-32(2,3)45-31(43)38(15-20-8-9-27(41)36-20)16-23-24(34)13-25(37-29(23)44-4)22-7-5-6-21(28(22)33)18-10-11-39-26(12-18)35-14-19(17-40)30(39)42/h5-7,10-14,17,20H,8-9,15-16H2,1-4H3,(H,36,41)/t20-/m0/s1. The first kappa shape index (κ1) is 31.6. The minimum absolute atomic E-state index is 0.0319. The Morgan fingerprint density at radius 2 is 1.98 bits per heavy atom. The molecule has 4 heterocycles. The van der Waals surface area contributed by atoms with E-state index in [0.29, 0.717) is 41.5 Å². The highest BCUT2D eigenvalue weighted by Gasteiger charge is 2.30. The fraction of sp³-hybridized carbons (Fsp3) is 0.312. The van der Waals surface area contributed by atoms with Crippen LogP contribution in [-0.2, 0) is 16.1 Å². The van der Waals surface area contributed by atoms with E-state index in [9.17, 15) is 19.2 Å². The largest absolute Gasteiger partial charge is 0.481 e. The molecule has 13 heteroatoms. The van der Waals surface area contributed by atoms with E-state index in [2.05, 4.69) is 15.3 Å². The van der Waals surface area contributed by atoms with E-state index in [-0.39, 0.29) is 52.8 Å². The number of hydrogen-bond acceptors (Lipinski definition) is 8. The number of nitrogens with one attached hydrogen (secondary N) is 1. The van der Waals surface area contributed by atoms with E-state index in [4.69, 9.17) is 21.1 Å². The third-order valence-corrected chi connectivity index (χ3v) is 7.61. The van der Waals surface area contributed by atoms with Gasteiger partial charge in [-0.05, 0) is 44.9 Å². The Morgan fingerprint density at radius 1 is 1.22 bits per heavy atom. The molecule has 1 saturated heterocycles. The number of aromatic nitrogens is 3. The first-order valence-electron chi connectivity index (χ1n) is 14.1. The van der Waals surface area contributed by atoms with E-state index in [1.54, 1.807) is 51.1 Å². The molecule has 234 valence electrons. The van der Waals surface area contributed by atoms with Gasteiger partial charge in [-0.15, -0.1) is 0 Å². The van der Waals surface area contributed by atoms with Crippen LogP contribution in [0.2, 0.25) is 5.02 Å². The van der Waals surface area contributed by atoms with Gasteiger partial charge in [0.15, 0.2) is 6.29 Å². The number of fused-ring (bicyclic) bond motifs is 1. The predicted molar refractivity (Wildman–Crippen MR) is 165 cm³/mol. The number of ether oxygens (including phenoxy) is 2. The summed E-state index contributed by atoms with van der Waals surface area (Å²) in [6.07, 6.45) is 3.37. The highest BCUT2D eigenvalue weighted by molar-refractivity contribution is 6.36. The summed E-state index contributed by atoms with van der Waals surface area (Å²) >= 11 is 6.85. The zero-order chi connectivity index (χ0) is 32.5. The monoisotopic (exact) mass is 635 g/mol. The molecule has 1 aliphatic rings. The van der Waals surface area contributed by atoms with Gasteiger partial charge in [0.05, 0.1) is 35.5 Å². The van der Waals surface area contributed by atoms with Gasteiger partial charge in [-0.2, -0.15) is 0 Å². The van der Waals surface area contributed by atoms with Crippen LogP contribution >= 0.6 is 11.6 Å². The summed E-state index contributed by atoms with van der Waals surface area (Å²) in [5, 5.41) is 3.09. The van der Waals surface area contributed by atoms with Crippen molar-refractivity contribution in [1.29, 1.82) is 0 Å². The van der Waals surface area contributed by atoms with E-state index in [0.717, 1.165) is 0 Å². The predicted octanol–water partition coefficient (Wildman–Crippen LogP) is 5.05. The van der Waals surface area contributed by atoms with Crippen molar-refractivity contribution in [2.24, 2.45) is 0 Å². The summed E-state index contributed by atoms with van der Waals surface area (Å²) in [4.78, 5) is 58.6. The van der Waals surface area contributed by atoms with Crippen molar-refractivity contribution in [3.8, 4) is 28.3 Å². The van der Waals surface area contributed by atoms with E-state index in [1.165, 1.54) is 34.9 Å². The molecule has 0 radical (unpaired) electrons. The Balaban J connectivity index is 1.49. The summed E-state index contributed by atoms with van der Waals surface area (Å²) in [6, 6.07) is 9.40. The summed E-state index contributed by atoms with van der Waals surface area (Å²) in [5.74, 6) is -0.836. The van der Waals surface area contributed by atoms with E-state index < -0.39 is 23.1 Å². The van der Waals surface area contributed by atoms with Crippen LogP contribution in [0, 0.1) is 5.82 Å². The fourth-order valence-electron chi connectivity index (χ4n) is 5.06. The molecule has 1 aromatic carbocycles. The lowest BCUT2D eigenvalue weighted by Crippen LogP contribution is -2.44. The first-order chi connectivity index (χ1) is 21.4. The molecule has 11 nitrogen and oxygen atoms in total. The molecule has 0 saturated carbocycles. The third-order valence-electron chi connectivity index (χ3n) is 7.20. The molecular formula is C32H31ClFN5O6. The van der Waals surface area contributed by atoms with Crippen LogP contribution < -0.4 is 15.6 Å². The van der Waals surface area contributed by atoms with Gasteiger partial charge in [0.2, 0.25) is 11.8 Å². The van der Waals surface area contributed by atoms with E-state index in [1.807, 2.05) is 0 Å². The molecule has 45 heavy (non-hydrogen) atoms. The van der Waals surface area contributed by atoms with Gasteiger partial charge >= 0.3 is 6.09 Å². The van der Waals surface area contributed by atoms with Gasteiger partial charge in [0, 0.05) is 48.6 Å². The van der Waals surface area contributed by atoms with Crippen LogP contribution in [-0.4, -0.2) is 62.9 Å². The minimum Gasteiger partial charge on any atom is -0.481 e. The van der Waals surface area contributed by atoms with Crippen molar-refractivity contribution in [2.45, 2.75) is 51.8 Å². The number of amides is 2. The number of carbonyl (C=O) groups excluding carboxylic acids is 3. The Bertz CT molecular complexity index is 1870. The van der Waals surface area contributed by atoms with Crippen LogP contribution in [0.3, 0.4) is 0 Å². The quantitative estimate of drug-likeness (QED) is 0.266. The van der Waals surface area contributed by atoms with Crippen molar-refractivity contribution < 1.29 is 28.2 Å². The molecule has 4 aromatic rings. The van der Waals surface area contributed by atoms with Crippen LogP contribution in [0.4, 0.5) is 9.18 Å². The van der Waals surface area contributed by atoms with Crippen LogP contribution in [0.1, 0.15) is 49.5 Å². The highest BCUT2D eigenvalue weighted by Crippen LogP contribution is 2.37. The number of rotatable bonds is 8. The SMILES string of the molecule is COc1nc(-c2cccc(-c3ccn4c(=O)c(C=O)cnc4c3)c2Cl)cc(F)c1CN(C[C@@H]1CCC(=O)N1)C(=O)OC(C)(C)C. The Hall–Kier alpha value is -4.84. The lowest BCUT2D eigenvalue weighted by atomic mass is 10.0. The van der Waals surface area contributed by atoms with Gasteiger partial charge in [0.25, 0.3) is 5.56 Å². The first-order valence-corrected chi connectivity index (χ1v) is 14.5. The number of halogens is 2. The van der Waals surface area contributed by atoms with Gasteiger partial charge in [0.1, 0.15) is 17.1 Å². The molecule has 2 amide bonds. The molecule has 1 aliphatic heterocycles. The normalized spacial score (nSPS) is 14.7. The number of methoxy groups -OCH3 is 1. The maximum Gasteiger partial charge on any atom is 0.410 e. The number of pyridine rings is 2. The van der Waals surface area contributed by atoms with Crippen molar-refractivity contribution in [3.63, 3.8) is 0 Å². The van der Waals surface area contributed by atoms with Gasteiger partial charge in [-0.25, -0.2) is 19.2 Å². The lowest BCUT2D eigenvalue weighted by molar-refractivity contribution is -0.119. The second-order valence-electron chi connectivity index (χ2n) is 11.6. The van der Waals surface area contributed by atoms with Gasteiger partial charge in [-0.1, -0.05) is 29.8 Å². The molecule has 0 aliphatic carbocycles. The summed E-state index contributed by atoms with van der Waals surface area (Å²) in [5.41, 5.74) is 0.799. The molecule has 3 aromatic heterocycles. The maximum absolute atomic E-state index is 15.9. The van der Waals surface area contributed by atoms with Gasteiger partial charge < -0.3 is 19.7 Å². The van der Waals surface area contributed by atoms with Crippen molar-refractivity contribution >= 4 is 35.5 Å². The van der Waals surface area contributed by atoms with Crippen LogP contribution in [0.5, 0.6) is 5.88 Å². The maximum atomic E-state index is 15.9. The topological polar surface area (TPSA) is 132 Å². The molecular weight excluding hydrogens is 605 g/mol. The third kappa shape index (κ3) is 6.80. The molecule has 0 unspecified atom stereocenters. The zero-order valence-electron chi connectivity index (χ0n) is 25.1. The number of aldehydes is 1. The molecule has 1 N–H and O–H groups in total. The van der Waals surface area contributed by atoms with Gasteiger partial charge in [-0.3, -0.25) is 18.8 Å². The Labute approximate surface area is 263 Å². The van der Waals surface area contributed by atoms with Crippen molar-refractivity contribution in [3.05, 3.63) is 81.1 Å². The van der Waals surface area contributed by atoms with Crippen molar-refractivity contribution in [1.82, 2.24) is 24.6 Å². The average Bonchev–Trinajstić information content (AvgIpc) is 3.41. The second-order valence-corrected chi connectivity index (χ2v) is 12.0. The summed E-state index contributed by atoms with van der Waals surface area (Å²) in [7, 11) is 1.35. The smallest absolute Gasteiger partial charge is 0.410 e. The molecule has 0 bridgehead atoms. The highest BCUT2D eigenvalue weighted by atomic mass is 35.5. The number of nitrogens with zero attached hydrogens (tertiary/aromatic N) is 4. The summed E-state index contributed by atoms with van der Waals surface area (Å²) < 4.78 is 28.2. The fourth-order valence-corrected chi connectivity index (χ4v) is 5.39. The van der Waals surface area contributed by atoms with Crippen LogP contribution in [0.15, 0.2) is 53.6 Å². The number of hydrogen-bond donors (Lipinski definition) is 1. The molecule has 0 spiro atoms. The van der Waals surface area contributed by atoms with Crippen LogP contribution in [0.25, 0.3) is 28.0 Å². The minimum atomic E-state index is -0.795. The lowest BCUT2D eigenvalue weighted by Gasteiger charge is -2.29. The second kappa shape index (κ2) is 12.6. The zero-order valence-corrected chi connectivity index (χ0v) is 25.9. The molecule has 5 rings (SSSR count). The number of carbonyl (C=O) groups is 3. The molecule has 1 fully saturated rings. The van der Waals surface area contributed by atoms with E-state index >= 15 is 4.39 Å². The molecule has 1 atom stereocenters. The number of benzene rings is 1. The Kier molecular flexibility index (Phi) is 8.87. The van der Waals surface area contributed by atoms with Crippen molar-refractivity contribution in [2.75, 3.05) is 13.7 Å². The Morgan fingerprint density at radius 3 is 2.64 bits per heavy atom.